The first-order chi connectivity index (χ1) is 15.8. The SMILES string of the molecule is c1ccc(COc2ccc3snc(NCc4ccc(Oc5ccccc5)cc4)c3c2)cc1. The zero-order chi connectivity index (χ0) is 21.6. The molecule has 5 heteroatoms. The van der Waals surface area contributed by atoms with Gasteiger partial charge in [-0.15, -0.1) is 0 Å². The Balaban J connectivity index is 1.23. The normalized spacial score (nSPS) is 10.8. The Kier molecular flexibility index (Phi) is 5.99. The Labute approximate surface area is 191 Å². The summed E-state index contributed by atoms with van der Waals surface area (Å²) in [7, 11) is 0. The average molecular weight is 439 g/mol. The molecule has 0 saturated heterocycles. The van der Waals surface area contributed by atoms with Crippen molar-refractivity contribution in [1.82, 2.24) is 4.37 Å². The van der Waals surface area contributed by atoms with E-state index in [4.69, 9.17) is 9.47 Å². The summed E-state index contributed by atoms with van der Waals surface area (Å²) in [4.78, 5) is 0. The molecular formula is C27H22N2O2S. The van der Waals surface area contributed by atoms with Gasteiger partial charge in [0.25, 0.3) is 0 Å². The van der Waals surface area contributed by atoms with Crippen molar-refractivity contribution in [3.63, 3.8) is 0 Å². The van der Waals surface area contributed by atoms with Gasteiger partial charge in [-0.1, -0.05) is 60.7 Å². The molecule has 0 aliphatic heterocycles. The van der Waals surface area contributed by atoms with Gasteiger partial charge in [-0.2, -0.15) is 4.37 Å². The Morgan fingerprint density at radius 3 is 2.16 bits per heavy atom. The number of fused-ring (bicyclic) bond motifs is 1. The van der Waals surface area contributed by atoms with Crippen LogP contribution in [0.5, 0.6) is 17.2 Å². The fraction of sp³-hybridized carbons (Fsp3) is 0.0741. The van der Waals surface area contributed by atoms with Crippen molar-refractivity contribution in [3.8, 4) is 17.2 Å². The second kappa shape index (κ2) is 9.54. The van der Waals surface area contributed by atoms with E-state index in [9.17, 15) is 0 Å². The highest BCUT2D eigenvalue weighted by Gasteiger charge is 2.08. The summed E-state index contributed by atoms with van der Waals surface area (Å²) >= 11 is 1.49. The maximum atomic E-state index is 5.98. The molecule has 0 aliphatic carbocycles. The average Bonchev–Trinajstić information content (AvgIpc) is 3.26. The molecule has 0 atom stereocenters. The van der Waals surface area contributed by atoms with Crippen LogP contribution in [0, 0.1) is 0 Å². The van der Waals surface area contributed by atoms with Crippen LogP contribution in [-0.2, 0) is 13.2 Å². The maximum absolute atomic E-state index is 5.98. The third kappa shape index (κ3) is 4.90. The lowest BCUT2D eigenvalue weighted by Crippen LogP contribution is -2.00. The maximum Gasteiger partial charge on any atom is 0.147 e. The largest absolute Gasteiger partial charge is 0.489 e. The predicted octanol–water partition coefficient (Wildman–Crippen LogP) is 7.28. The lowest BCUT2D eigenvalue weighted by Gasteiger charge is -2.09. The molecule has 0 unspecified atom stereocenters. The predicted molar refractivity (Wildman–Crippen MR) is 131 cm³/mol. The lowest BCUT2D eigenvalue weighted by molar-refractivity contribution is 0.306. The van der Waals surface area contributed by atoms with Crippen molar-refractivity contribution < 1.29 is 9.47 Å². The number of nitrogens with one attached hydrogen (secondary N) is 1. The zero-order valence-electron chi connectivity index (χ0n) is 17.4. The van der Waals surface area contributed by atoms with Crippen LogP contribution in [0.3, 0.4) is 0 Å². The van der Waals surface area contributed by atoms with Crippen LogP contribution in [0.1, 0.15) is 11.1 Å². The molecule has 4 aromatic carbocycles. The van der Waals surface area contributed by atoms with Crippen molar-refractivity contribution >= 4 is 27.4 Å². The molecule has 4 nitrogen and oxygen atoms in total. The molecular weight excluding hydrogens is 416 g/mol. The molecule has 0 fully saturated rings. The van der Waals surface area contributed by atoms with Crippen molar-refractivity contribution in [2.24, 2.45) is 0 Å². The van der Waals surface area contributed by atoms with Crippen molar-refractivity contribution in [2.45, 2.75) is 13.2 Å². The molecule has 0 radical (unpaired) electrons. The van der Waals surface area contributed by atoms with E-state index in [0.717, 1.165) is 44.3 Å². The topological polar surface area (TPSA) is 43.4 Å². The van der Waals surface area contributed by atoms with Crippen LogP contribution in [-0.4, -0.2) is 4.37 Å². The van der Waals surface area contributed by atoms with Crippen LogP contribution in [0.4, 0.5) is 5.82 Å². The first-order valence-electron chi connectivity index (χ1n) is 10.5. The molecule has 32 heavy (non-hydrogen) atoms. The van der Waals surface area contributed by atoms with E-state index in [0.29, 0.717) is 13.2 Å². The van der Waals surface area contributed by atoms with Crippen LogP contribution < -0.4 is 14.8 Å². The standard InChI is InChI=1S/C27H22N2O2S/c1-3-7-21(8-4-1)19-30-24-15-16-26-25(17-24)27(29-32-26)28-18-20-11-13-23(14-12-20)31-22-9-5-2-6-10-22/h1-17H,18-19H2,(H,28,29). The van der Waals surface area contributed by atoms with E-state index in [1.54, 1.807) is 0 Å². The summed E-state index contributed by atoms with van der Waals surface area (Å²) < 4.78 is 17.6. The fourth-order valence-corrected chi connectivity index (χ4v) is 4.10. The van der Waals surface area contributed by atoms with Gasteiger partial charge in [-0.05, 0) is 65.1 Å². The van der Waals surface area contributed by atoms with E-state index >= 15 is 0 Å². The van der Waals surface area contributed by atoms with Gasteiger partial charge in [0.2, 0.25) is 0 Å². The van der Waals surface area contributed by atoms with Gasteiger partial charge in [0, 0.05) is 11.9 Å². The fourth-order valence-electron chi connectivity index (χ4n) is 3.36. The Bertz CT molecular complexity index is 1290. The molecule has 0 aliphatic rings. The van der Waals surface area contributed by atoms with Gasteiger partial charge in [-0.3, -0.25) is 0 Å². The molecule has 1 heterocycles. The number of hydrogen-bond acceptors (Lipinski definition) is 5. The van der Waals surface area contributed by atoms with Crippen molar-refractivity contribution in [1.29, 1.82) is 0 Å². The van der Waals surface area contributed by atoms with Gasteiger partial charge in [0.05, 0.1) is 4.70 Å². The van der Waals surface area contributed by atoms with Gasteiger partial charge in [-0.25, -0.2) is 0 Å². The van der Waals surface area contributed by atoms with E-state index in [-0.39, 0.29) is 0 Å². The minimum atomic E-state index is 0.546. The van der Waals surface area contributed by atoms with E-state index in [1.165, 1.54) is 11.5 Å². The molecule has 0 amide bonds. The summed E-state index contributed by atoms with van der Waals surface area (Å²) in [5.74, 6) is 3.36. The summed E-state index contributed by atoms with van der Waals surface area (Å²) in [5, 5.41) is 4.53. The molecule has 5 aromatic rings. The van der Waals surface area contributed by atoms with Crippen LogP contribution in [0.2, 0.25) is 0 Å². The van der Waals surface area contributed by atoms with Crippen molar-refractivity contribution in [3.05, 3.63) is 114 Å². The van der Waals surface area contributed by atoms with Crippen LogP contribution in [0.15, 0.2) is 103 Å². The minimum absolute atomic E-state index is 0.546. The molecule has 0 saturated carbocycles. The van der Waals surface area contributed by atoms with E-state index in [2.05, 4.69) is 46.1 Å². The van der Waals surface area contributed by atoms with Gasteiger partial charge in [0.15, 0.2) is 0 Å². The Morgan fingerprint density at radius 1 is 0.688 bits per heavy atom. The highest BCUT2D eigenvalue weighted by atomic mass is 32.1. The molecule has 0 bridgehead atoms. The quantitative estimate of drug-likeness (QED) is 0.276. The number of aromatic nitrogens is 1. The smallest absolute Gasteiger partial charge is 0.147 e. The summed E-state index contributed by atoms with van der Waals surface area (Å²) in [6, 6.07) is 34.2. The molecule has 1 N–H and O–H groups in total. The second-order valence-corrected chi connectivity index (χ2v) is 8.18. The number of para-hydroxylation sites is 1. The highest BCUT2D eigenvalue weighted by molar-refractivity contribution is 7.13. The summed E-state index contributed by atoms with van der Waals surface area (Å²) in [6.45, 7) is 1.23. The first kappa shape index (κ1) is 20.1. The van der Waals surface area contributed by atoms with Crippen molar-refractivity contribution in [2.75, 3.05) is 5.32 Å². The first-order valence-corrected chi connectivity index (χ1v) is 11.2. The van der Waals surface area contributed by atoms with Gasteiger partial charge < -0.3 is 14.8 Å². The monoisotopic (exact) mass is 438 g/mol. The van der Waals surface area contributed by atoms with E-state index < -0.39 is 0 Å². The second-order valence-electron chi connectivity index (χ2n) is 7.38. The summed E-state index contributed by atoms with van der Waals surface area (Å²) in [6.07, 6.45) is 0. The molecule has 0 spiro atoms. The zero-order valence-corrected chi connectivity index (χ0v) is 18.2. The third-order valence-electron chi connectivity index (χ3n) is 5.05. The highest BCUT2D eigenvalue weighted by Crippen LogP contribution is 2.31. The van der Waals surface area contributed by atoms with E-state index in [1.807, 2.05) is 66.7 Å². The molecule has 5 rings (SSSR count). The Hall–Kier alpha value is -3.83. The number of rotatable bonds is 8. The van der Waals surface area contributed by atoms with Crippen LogP contribution in [0.25, 0.3) is 10.1 Å². The lowest BCUT2D eigenvalue weighted by atomic mass is 10.2. The number of ether oxygens (including phenoxy) is 2. The number of hydrogen-bond donors (Lipinski definition) is 1. The minimum Gasteiger partial charge on any atom is -0.489 e. The third-order valence-corrected chi connectivity index (χ3v) is 5.88. The molecule has 158 valence electrons. The Morgan fingerprint density at radius 2 is 1.38 bits per heavy atom. The molecule has 1 aromatic heterocycles. The number of benzene rings is 4. The van der Waals surface area contributed by atoms with Crippen LogP contribution >= 0.6 is 11.5 Å². The summed E-state index contributed by atoms with van der Waals surface area (Å²) in [5.41, 5.74) is 2.30. The van der Waals surface area contributed by atoms with Gasteiger partial charge in [0.1, 0.15) is 29.7 Å². The van der Waals surface area contributed by atoms with Gasteiger partial charge >= 0.3 is 0 Å². The number of nitrogens with zero attached hydrogens (tertiary/aromatic N) is 1. The number of anilines is 1.